The predicted octanol–water partition coefficient (Wildman–Crippen LogP) is 4.50. The molecule has 3 rings (SSSR count). The molecule has 0 saturated heterocycles. The van der Waals surface area contributed by atoms with Gasteiger partial charge in [0, 0.05) is 12.5 Å². The Kier molecular flexibility index (Phi) is 7.93. The molecule has 0 unspecified atom stereocenters. The Hall–Kier alpha value is -1.62. The van der Waals surface area contributed by atoms with Gasteiger partial charge in [-0.15, -0.1) is 0 Å². The van der Waals surface area contributed by atoms with Crippen molar-refractivity contribution in [1.82, 2.24) is 0 Å². The summed E-state index contributed by atoms with van der Waals surface area (Å²) in [6, 6.07) is 8.35. The summed E-state index contributed by atoms with van der Waals surface area (Å²) >= 11 is 0. The number of fused-ring (bicyclic) bond motifs is 1. The number of nitrogens with two attached hydrogens (primary N) is 1. The van der Waals surface area contributed by atoms with Crippen LogP contribution < -0.4 is 5.73 Å². The SMILES string of the molecule is C=C(O)CCCCCC[C@@H]1[C@@H](CC[C@@H](O)C2=Cc3ccccc3C2)[C@H](O)C[C@@H]1N. The van der Waals surface area contributed by atoms with Gasteiger partial charge in [0.25, 0.3) is 0 Å². The number of allylic oxidation sites excluding steroid dienone is 1. The van der Waals surface area contributed by atoms with Crippen molar-refractivity contribution >= 4 is 6.08 Å². The van der Waals surface area contributed by atoms with Crippen LogP contribution in [0.25, 0.3) is 6.08 Å². The first-order valence-corrected chi connectivity index (χ1v) is 11.2. The van der Waals surface area contributed by atoms with E-state index in [0.717, 1.165) is 50.5 Å². The minimum Gasteiger partial charge on any atom is -0.513 e. The zero-order chi connectivity index (χ0) is 20.8. The van der Waals surface area contributed by atoms with E-state index < -0.39 is 6.10 Å². The van der Waals surface area contributed by atoms with E-state index in [-0.39, 0.29) is 23.8 Å². The van der Waals surface area contributed by atoms with E-state index in [1.807, 2.05) is 12.1 Å². The van der Waals surface area contributed by atoms with Crippen molar-refractivity contribution in [2.45, 2.75) is 82.5 Å². The van der Waals surface area contributed by atoms with Crippen LogP contribution in [0.3, 0.4) is 0 Å². The highest BCUT2D eigenvalue weighted by Gasteiger charge is 2.40. The van der Waals surface area contributed by atoms with E-state index in [1.165, 1.54) is 11.1 Å². The lowest BCUT2D eigenvalue weighted by Gasteiger charge is -2.25. The Labute approximate surface area is 175 Å². The first kappa shape index (κ1) is 22.1. The fraction of sp³-hybridized carbons (Fsp3) is 0.600. The van der Waals surface area contributed by atoms with E-state index in [2.05, 4.69) is 24.8 Å². The molecule has 29 heavy (non-hydrogen) atoms. The van der Waals surface area contributed by atoms with E-state index in [1.54, 1.807) is 0 Å². The fourth-order valence-electron chi connectivity index (χ4n) is 5.18. The molecule has 1 aromatic rings. The molecule has 1 fully saturated rings. The van der Waals surface area contributed by atoms with Gasteiger partial charge in [-0.25, -0.2) is 0 Å². The first-order chi connectivity index (χ1) is 14.0. The van der Waals surface area contributed by atoms with Crippen molar-refractivity contribution in [3.8, 4) is 0 Å². The molecule has 4 heteroatoms. The summed E-state index contributed by atoms with van der Waals surface area (Å²) in [6.45, 7) is 3.53. The number of rotatable bonds is 11. The van der Waals surface area contributed by atoms with Crippen molar-refractivity contribution in [2.75, 3.05) is 0 Å². The number of unbranched alkanes of at least 4 members (excludes halogenated alkanes) is 3. The van der Waals surface area contributed by atoms with Gasteiger partial charge in [0.2, 0.25) is 0 Å². The van der Waals surface area contributed by atoms with Crippen LogP contribution in [0.2, 0.25) is 0 Å². The molecular formula is C25H37NO3. The van der Waals surface area contributed by atoms with Crippen LogP contribution in [0.1, 0.15) is 68.9 Å². The zero-order valence-corrected chi connectivity index (χ0v) is 17.5. The maximum atomic E-state index is 10.7. The normalized spacial score (nSPS) is 26.9. The second-order valence-electron chi connectivity index (χ2n) is 9.00. The molecule has 0 aromatic heterocycles. The van der Waals surface area contributed by atoms with Crippen molar-refractivity contribution < 1.29 is 15.3 Å². The number of hydrogen-bond donors (Lipinski definition) is 4. The van der Waals surface area contributed by atoms with Crippen LogP contribution >= 0.6 is 0 Å². The number of hydrogen-bond acceptors (Lipinski definition) is 4. The van der Waals surface area contributed by atoms with Gasteiger partial charge < -0.3 is 21.1 Å². The molecule has 0 aliphatic heterocycles. The summed E-state index contributed by atoms with van der Waals surface area (Å²) in [7, 11) is 0. The monoisotopic (exact) mass is 399 g/mol. The minimum atomic E-state index is -0.446. The molecule has 2 aliphatic carbocycles. The van der Waals surface area contributed by atoms with Crippen LogP contribution in [-0.4, -0.2) is 33.6 Å². The van der Waals surface area contributed by atoms with E-state index >= 15 is 0 Å². The van der Waals surface area contributed by atoms with Crippen molar-refractivity contribution in [2.24, 2.45) is 17.6 Å². The number of aliphatic hydroxyl groups is 3. The number of benzene rings is 1. The van der Waals surface area contributed by atoms with Gasteiger partial charge in [-0.05, 0) is 67.1 Å². The van der Waals surface area contributed by atoms with Crippen LogP contribution in [-0.2, 0) is 6.42 Å². The first-order valence-electron chi connectivity index (χ1n) is 11.2. The van der Waals surface area contributed by atoms with Crippen LogP contribution in [0, 0.1) is 11.8 Å². The summed E-state index contributed by atoms with van der Waals surface area (Å²) in [5, 5.41) is 30.4. The lowest BCUT2D eigenvalue weighted by atomic mass is 9.83. The average Bonchev–Trinajstić information content (AvgIpc) is 3.23. The minimum absolute atomic E-state index is 0.0549. The lowest BCUT2D eigenvalue weighted by molar-refractivity contribution is 0.0951. The van der Waals surface area contributed by atoms with Gasteiger partial charge in [0.05, 0.1) is 18.0 Å². The third kappa shape index (κ3) is 5.94. The maximum absolute atomic E-state index is 10.7. The fourth-order valence-corrected chi connectivity index (χ4v) is 5.18. The Bertz CT molecular complexity index is 714. The highest BCUT2D eigenvalue weighted by molar-refractivity contribution is 5.64. The Morgan fingerprint density at radius 3 is 2.62 bits per heavy atom. The van der Waals surface area contributed by atoms with Crippen LogP contribution in [0.15, 0.2) is 42.2 Å². The Morgan fingerprint density at radius 2 is 1.86 bits per heavy atom. The van der Waals surface area contributed by atoms with Crippen LogP contribution in [0.5, 0.6) is 0 Å². The smallest absolute Gasteiger partial charge is 0.0851 e. The molecule has 1 aromatic carbocycles. The third-order valence-corrected chi connectivity index (χ3v) is 6.85. The number of aliphatic hydroxyl groups excluding tert-OH is 3. The summed E-state index contributed by atoms with van der Waals surface area (Å²) < 4.78 is 0. The average molecular weight is 400 g/mol. The molecule has 0 bridgehead atoms. The van der Waals surface area contributed by atoms with Crippen molar-refractivity contribution in [3.05, 3.63) is 53.3 Å². The molecule has 0 heterocycles. The van der Waals surface area contributed by atoms with E-state index in [0.29, 0.717) is 25.2 Å². The largest absolute Gasteiger partial charge is 0.513 e. The highest BCUT2D eigenvalue weighted by atomic mass is 16.3. The lowest BCUT2D eigenvalue weighted by Crippen LogP contribution is -2.28. The molecule has 160 valence electrons. The summed E-state index contributed by atoms with van der Waals surface area (Å²) in [4.78, 5) is 0. The molecule has 1 saturated carbocycles. The molecule has 0 radical (unpaired) electrons. The second-order valence-corrected chi connectivity index (χ2v) is 9.00. The van der Waals surface area contributed by atoms with Gasteiger partial charge in [0.1, 0.15) is 0 Å². The Balaban J connectivity index is 1.45. The maximum Gasteiger partial charge on any atom is 0.0851 e. The molecule has 5 N–H and O–H groups in total. The Morgan fingerprint density at radius 1 is 1.10 bits per heavy atom. The van der Waals surface area contributed by atoms with E-state index in [4.69, 9.17) is 10.8 Å². The van der Waals surface area contributed by atoms with Gasteiger partial charge in [0.15, 0.2) is 0 Å². The zero-order valence-electron chi connectivity index (χ0n) is 17.5. The molecule has 4 nitrogen and oxygen atoms in total. The van der Waals surface area contributed by atoms with Gasteiger partial charge >= 0.3 is 0 Å². The summed E-state index contributed by atoms with van der Waals surface area (Å²) in [5.74, 6) is 0.783. The molecular weight excluding hydrogens is 362 g/mol. The van der Waals surface area contributed by atoms with Gasteiger partial charge in [-0.3, -0.25) is 0 Å². The topological polar surface area (TPSA) is 86.7 Å². The van der Waals surface area contributed by atoms with Gasteiger partial charge in [-0.2, -0.15) is 0 Å². The molecule has 5 atom stereocenters. The summed E-state index contributed by atoms with van der Waals surface area (Å²) in [5.41, 5.74) is 9.94. The van der Waals surface area contributed by atoms with Crippen LogP contribution in [0.4, 0.5) is 0 Å². The quantitative estimate of drug-likeness (QED) is 0.326. The second kappa shape index (κ2) is 10.4. The third-order valence-electron chi connectivity index (χ3n) is 6.85. The molecule has 0 spiro atoms. The highest BCUT2D eigenvalue weighted by Crippen LogP contribution is 2.39. The molecule has 2 aliphatic rings. The predicted molar refractivity (Wildman–Crippen MR) is 118 cm³/mol. The van der Waals surface area contributed by atoms with Gasteiger partial charge in [-0.1, -0.05) is 56.2 Å². The summed E-state index contributed by atoms with van der Waals surface area (Å²) in [6.07, 6.45) is 10.3. The standard InChI is InChI=1S/C25H37NO3/c1-17(27)8-4-2-3-5-11-21-22(25(29)16-23(21)26)12-13-24(28)20-14-18-9-6-7-10-19(18)15-20/h6-7,9-10,14,21-25,27-29H,1-5,8,11-13,15-16,26H2/t21-,22-,23+,24-,25-/m1/s1. The van der Waals surface area contributed by atoms with Crippen molar-refractivity contribution in [3.63, 3.8) is 0 Å². The van der Waals surface area contributed by atoms with Crippen molar-refractivity contribution in [1.29, 1.82) is 0 Å². The van der Waals surface area contributed by atoms with E-state index in [9.17, 15) is 10.2 Å². The molecule has 0 amide bonds.